The lowest BCUT2D eigenvalue weighted by Gasteiger charge is -2.32. The number of aromatic nitrogens is 4. The van der Waals surface area contributed by atoms with Crippen LogP contribution in [0.2, 0.25) is 0 Å². The molecule has 1 aromatic carbocycles. The summed E-state index contributed by atoms with van der Waals surface area (Å²) >= 11 is 0. The van der Waals surface area contributed by atoms with Crippen molar-refractivity contribution in [1.82, 2.24) is 24.4 Å². The van der Waals surface area contributed by atoms with Crippen molar-refractivity contribution in [1.29, 1.82) is 0 Å². The Labute approximate surface area is 248 Å². The maximum atomic E-state index is 12.7. The number of nitrogens with zero attached hydrogens (tertiary/aromatic N) is 5. The number of carbonyl (C=O) groups excluding carboxylic acids is 1. The molecule has 2 amide bonds. The number of hydrogen-bond donors (Lipinski definition) is 4. The molecule has 12 heteroatoms. The summed E-state index contributed by atoms with van der Waals surface area (Å²) in [6.45, 7) is 1.38. The Balaban J connectivity index is 0.00000185. The monoisotopic (exact) mass is 589 g/mol. The Kier molecular flexibility index (Phi) is 10.3. The Morgan fingerprint density at radius 1 is 0.850 bits per heavy atom. The smallest absolute Gasteiger partial charge is 0.321 e. The predicted octanol–water partition coefficient (Wildman–Crippen LogP) is 5.58. The van der Waals surface area contributed by atoms with Gasteiger partial charge in [0.15, 0.2) is 17.0 Å². The number of nitrogens with one attached hydrogen (secondary N) is 3. The molecule has 5 N–H and O–H groups in total. The second kappa shape index (κ2) is 13.7. The van der Waals surface area contributed by atoms with Gasteiger partial charge in [-0.15, -0.1) is 24.8 Å². The molecule has 1 saturated heterocycles. The lowest BCUT2D eigenvalue weighted by molar-refractivity contribution is 0.197. The van der Waals surface area contributed by atoms with Gasteiger partial charge in [0.05, 0.1) is 6.33 Å². The van der Waals surface area contributed by atoms with E-state index in [0.717, 1.165) is 61.2 Å². The molecule has 0 unspecified atom stereocenters. The van der Waals surface area contributed by atoms with Crippen LogP contribution < -0.4 is 21.7 Å². The van der Waals surface area contributed by atoms with Gasteiger partial charge in [0.1, 0.15) is 0 Å². The molecule has 3 aliphatic rings. The predicted molar refractivity (Wildman–Crippen MR) is 165 cm³/mol. The minimum Gasteiger partial charge on any atom is -0.365 e. The van der Waals surface area contributed by atoms with Gasteiger partial charge < -0.3 is 31.2 Å². The summed E-state index contributed by atoms with van der Waals surface area (Å²) in [4.78, 5) is 29.3. The van der Waals surface area contributed by atoms with E-state index in [2.05, 4.69) is 20.5 Å². The zero-order valence-corrected chi connectivity index (χ0v) is 24.4. The van der Waals surface area contributed by atoms with Crippen molar-refractivity contribution in [3.8, 4) is 0 Å². The first-order valence-corrected chi connectivity index (χ1v) is 14.3. The second-order valence-electron chi connectivity index (χ2n) is 11.1. The lowest BCUT2D eigenvalue weighted by atomic mass is 9.92. The molecule has 40 heavy (non-hydrogen) atoms. The van der Waals surface area contributed by atoms with Crippen LogP contribution in [0.5, 0.6) is 0 Å². The maximum absolute atomic E-state index is 12.7. The summed E-state index contributed by atoms with van der Waals surface area (Å²) < 4.78 is 2.26. The number of likely N-dealkylation sites (tertiary alicyclic amines) is 1. The lowest BCUT2D eigenvalue weighted by Crippen LogP contribution is -2.44. The molecule has 0 atom stereocenters. The number of piperidine rings is 1. The molecule has 2 aliphatic carbocycles. The number of carbonyl (C=O) groups is 1. The number of benzene rings is 1. The van der Waals surface area contributed by atoms with Gasteiger partial charge in [-0.25, -0.2) is 9.78 Å². The molecule has 3 fully saturated rings. The molecule has 218 valence electrons. The van der Waals surface area contributed by atoms with Crippen LogP contribution in [0.3, 0.4) is 0 Å². The molecule has 6 rings (SSSR count). The van der Waals surface area contributed by atoms with Gasteiger partial charge in [0.2, 0.25) is 5.95 Å². The maximum Gasteiger partial charge on any atom is 0.321 e. The van der Waals surface area contributed by atoms with Crippen LogP contribution in [-0.2, 0) is 0 Å². The number of amides is 2. The molecular formula is C28H41Cl2N9O. The third-order valence-corrected chi connectivity index (χ3v) is 8.39. The number of nitrogens with two attached hydrogens (primary N) is 1. The van der Waals surface area contributed by atoms with Crippen LogP contribution in [0, 0.1) is 0 Å². The fraction of sp³-hybridized carbons (Fsp3) is 0.571. The van der Waals surface area contributed by atoms with Crippen molar-refractivity contribution in [2.45, 2.75) is 88.4 Å². The van der Waals surface area contributed by atoms with Gasteiger partial charge in [-0.1, -0.05) is 31.0 Å². The number of hydrogen-bond acceptors (Lipinski definition) is 7. The van der Waals surface area contributed by atoms with Gasteiger partial charge >= 0.3 is 6.03 Å². The van der Waals surface area contributed by atoms with Gasteiger partial charge in [-0.3, -0.25) is 0 Å². The van der Waals surface area contributed by atoms with Crippen molar-refractivity contribution in [2.75, 3.05) is 29.0 Å². The van der Waals surface area contributed by atoms with E-state index in [1.165, 1.54) is 25.7 Å². The Morgan fingerprint density at radius 3 is 2.23 bits per heavy atom. The van der Waals surface area contributed by atoms with E-state index in [9.17, 15) is 4.79 Å². The van der Waals surface area contributed by atoms with E-state index in [4.69, 9.17) is 20.7 Å². The first-order valence-electron chi connectivity index (χ1n) is 14.3. The van der Waals surface area contributed by atoms with Crippen molar-refractivity contribution >= 4 is 59.5 Å². The first kappa shape index (κ1) is 30.1. The number of anilines is 3. The Morgan fingerprint density at radius 2 is 1.52 bits per heavy atom. The number of para-hydroxylation sites is 1. The van der Waals surface area contributed by atoms with E-state index in [1.54, 1.807) is 0 Å². The molecule has 0 spiro atoms. The van der Waals surface area contributed by atoms with Gasteiger partial charge in [0, 0.05) is 42.9 Å². The molecule has 2 saturated carbocycles. The molecule has 3 aromatic rings. The standard InChI is InChI=1S/C28H39N9O.2ClH/c29-19-10-12-21(13-11-19)32-27-34-25(24-26(35-27)37(18-30-24)23-8-4-5-9-23)31-22-14-16-36(17-15-22)28(38)33-20-6-2-1-3-7-20;;/h1-3,6-7,18-19,21-23H,4-5,8-17,29H2,(H,33,38)(H2,31,32,34,35);2*1H/t19-,21-;;. The highest BCUT2D eigenvalue weighted by Gasteiger charge is 2.27. The summed E-state index contributed by atoms with van der Waals surface area (Å²) in [5.74, 6) is 1.45. The average Bonchev–Trinajstić information content (AvgIpc) is 3.61. The minimum atomic E-state index is -0.0481. The first-order chi connectivity index (χ1) is 18.6. The summed E-state index contributed by atoms with van der Waals surface area (Å²) in [7, 11) is 0. The molecular weight excluding hydrogens is 549 g/mol. The number of halogens is 2. The van der Waals surface area contributed by atoms with E-state index < -0.39 is 0 Å². The molecule has 0 bridgehead atoms. The zero-order valence-electron chi connectivity index (χ0n) is 22.8. The van der Waals surface area contributed by atoms with Crippen molar-refractivity contribution in [3.05, 3.63) is 36.7 Å². The third kappa shape index (κ3) is 6.90. The number of fused-ring (bicyclic) bond motifs is 1. The summed E-state index contributed by atoms with van der Waals surface area (Å²) in [6.07, 6.45) is 12.6. The molecule has 1 aliphatic heterocycles. The van der Waals surface area contributed by atoms with Gasteiger partial charge in [-0.05, 0) is 63.5 Å². The molecule has 3 heterocycles. The summed E-state index contributed by atoms with van der Waals surface area (Å²) in [5, 5.41) is 10.3. The zero-order chi connectivity index (χ0) is 25.9. The van der Waals surface area contributed by atoms with Crippen molar-refractivity contribution in [2.24, 2.45) is 5.73 Å². The van der Waals surface area contributed by atoms with Gasteiger partial charge in [0.25, 0.3) is 0 Å². The van der Waals surface area contributed by atoms with Gasteiger partial charge in [-0.2, -0.15) is 9.97 Å². The number of rotatable bonds is 6. The van der Waals surface area contributed by atoms with Crippen LogP contribution in [0.4, 0.5) is 22.2 Å². The normalized spacial score (nSPS) is 21.9. The quantitative estimate of drug-likeness (QED) is 0.296. The largest absolute Gasteiger partial charge is 0.365 e. The molecule has 10 nitrogen and oxygen atoms in total. The third-order valence-electron chi connectivity index (χ3n) is 8.39. The van der Waals surface area contributed by atoms with Crippen LogP contribution in [0.15, 0.2) is 36.7 Å². The highest BCUT2D eigenvalue weighted by molar-refractivity contribution is 5.89. The van der Waals surface area contributed by atoms with E-state index >= 15 is 0 Å². The topological polar surface area (TPSA) is 126 Å². The van der Waals surface area contributed by atoms with E-state index in [-0.39, 0.29) is 36.9 Å². The van der Waals surface area contributed by atoms with Crippen LogP contribution in [0.1, 0.15) is 70.3 Å². The van der Waals surface area contributed by atoms with Crippen LogP contribution in [-0.4, -0.2) is 61.7 Å². The second-order valence-corrected chi connectivity index (χ2v) is 11.1. The van der Waals surface area contributed by atoms with Crippen molar-refractivity contribution < 1.29 is 4.79 Å². The highest BCUT2D eigenvalue weighted by Crippen LogP contribution is 2.34. The number of urea groups is 1. The summed E-state index contributed by atoms with van der Waals surface area (Å²) in [5.41, 5.74) is 8.68. The highest BCUT2D eigenvalue weighted by atomic mass is 35.5. The molecule has 2 aromatic heterocycles. The fourth-order valence-corrected chi connectivity index (χ4v) is 6.12. The van der Waals surface area contributed by atoms with Crippen LogP contribution >= 0.6 is 24.8 Å². The Hall–Kier alpha value is -2.82. The van der Waals surface area contributed by atoms with Crippen molar-refractivity contribution in [3.63, 3.8) is 0 Å². The number of imidazole rings is 1. The SMILES string of the molecule is Cl.Cl.N[C@H]1CC[C@H](Nc2nc(NC3CCN(C(=O)Nc4ccccc4)CC3)c3ncn(C4CCCC4)c3n2)CC1. The fourth-order valence-electron chi connectivity index (χ4n) is 6.12. The van der Waals surface area contributed by atoms with Crippen LogP contribution in [0.25, 0.3) is 11.2 Å². The minimum absolute atomic E-state index is 0. The Bertz CT molecular complexity index is 1240. The molecule has 0 radical (unpaired) electrons. The van der Waals surface area contributed by atoms with E-state index in [0.29, 0.717) is 37.2 Å². The van der Waals surface area contributed by atoms with E-state index in [1.807, 2.05) is 41.6 Å². The summed E-state index contributed by atoms with van der Waals surface area (Å²) in [6, 6.07) is 10.9. The average molecular weight is 591 g/mol.